The molecule has 1 aliphatic rings. The van der Waals surface area contributed by atoms with E-state index in [0.717, 1.165) is 30.6 Å². The Morgan fingerprint density at radius 1 is 1.00 bits per heavy atom. The second-order valence-corrected chi connectivity index (χ2v) is 5.55. The molecule has 0 unspecified atom stereocenters. The van der Waals surface area contributed by atoms with E-state index in [0.29, 0.717) is 17.7 Å². The van der Waals surface area contributed by atoms with Gasteiger partial charge in [-0.25, -0.2) is 0 Å². The molecule has 6 nitrogen and oxygen atoms in total. The highest BCUT2D eigenvalue weighted by atomic mass is 16.3. The van der Waals surface area contributed by atoms with Crippen LogP contribution in [0.1, 0.15) is 52.8 Å². The molecular formula is C17H22N2O4. The van der Waals surface area contributed by atoms with Crippen molar-refractivity contribution >= 4 is 17.7 Å². The van der Waals surface area contributed by atoms with Crippen molar-refractivity contribution in [3.63, 3.8) is 0 Å². The largest absolute Gasteiger partial charge is 0.396 e. The van der Waals surface area contributed by atoms with E-state index in [-0.39, 0.29) is 37.3 Å². The van der Waals surface area contributed by atoms with Crippen LogP contribution in [0.3, 0.4) is 0 Å². The summed E-state index contributed by atoms with van der Waals surface area (Å²) in [6.45, 7) is 0.877. The molecule has 0 aliphatic carbocycles. The Hall–Kier alpha value is -2.21. The fourth-order valence-corrected chi connectivity index (χ4v) is 2.56. The average Bonchev–Trinajstić information content (AvgIpc) is 2.80. The molecule has 23 heavy (non-hydrogen) atoms. The summed E-state index contributed by atoms with van der Waals surface area (Å²) in [5.41, 5.74) is 0.809. The molecule has 0 saturated heterocycles. The van der Waals surface area contributed by atoms with Crippen LogP contribution in [0.25, 0.3) is 0 Å². The summed E-state index contributed by atoms with van der Waals surface area (Å²) in [5, 5.41) is 11.4. The van der Waals surface area contributed by atoms with Crippen LogP contribution < -0.4 is 5.32 Å². The summed E-state index contributed by atoms with van der Waals surface area (Å²) in [6.07, 6.45) is 3.66. The standard InChI is InChI=1S/C17H22N2O4/c20-12-6-2-1-5-10-18-15(21)9-11-19-16(22)13-7-3-4-8-14(13)17(19)23/h3-4,7-8,20H,1-2,5-6,9-12H2,(H,18,21). The smallest absolute Gasteiger partial charge is 0.261 e. The van der Waals surface area contributed by atoms with Crippen molar-refractivity contribution in [1.82, 2.24) is 10.2 Å². The number of carbonyl (C=O) groups is 3. The highest BCUT2D eigenvalue weighted by molar-refractivity contribution is 6.21. The van der Waals surface area contributed by atoms with E-state index in [9.17, 15) is 14.4 Å². The molecule has 0 radical (unpaired) electrons. The number of hydrogen-bond donors (Lipinski definition) is 2. The highest BCUT2D eigenvalue weighted by Gasteiger charge is 2.34. The Labute approximate surface area is 135 Å². The van der Waals surface area contributed by atoms with Gasteiger partial charge in [0, 0.05) is 26.1 Å². The normalized spacial score (nSPS) is 13.3. The number of nitrogens with one attached hydrogen (secondary N) is 1. The Balaban J connectivity index is 1.71. The molecule has 1 heterocycles. The van der Waals surface area contributed by atoms with Gasteiger partial charge in [0.1, 0.15) is 0 Å². The number of aliphatic hydroxyl groups is 1. The van der Waals surface area contributed by atoms with Crippen molar-refractivity contribution in [3.05, 3.63) is 35.4 Å². The number of amides is 3. The lowest BCUT2D eigenvalue weighted by Gasteiger charge is -2.13. The number of aliphatic hydroxyl groups excluding tert-OH is 1. The van der Waals surface area contributed by atoms with Gasteiger partial charge in [-0.2, -0.15) is 0 Å². The fraction of sp³-hybridized carbons (Fsp3) is 0.471. The van der Waals surface area contributed by atoms with Crippen LogP contribution in [-0.2, 0) is 4.79 Å². The molecule has 0 bridgehead atoms. The van der Waals surface area contributed by atoms with Gasteiger partial charge < -0.3 is 10.4 Å². The van der Waals surface area contributed by atoms with E-state index in [1.165, 1.54) is 0 Å². The van der Waals surface area contributed by atoms with Gasteiger partial charge in [-0.05, 0) is 25.0 Å². The zero-order chi connectivity index (χ0) is 16.7. The SMILES string of the molecule is O=C(CCN1C(=O)c2ccccc2C1=O)NCCCCCCO. The summed E-state index contributed by atoms with van der Waals surface area (Å²) in [5.74, 6) is -0.825. The van der Waals surface area contributed by atoms with E-state index in [2.05, 4.69) is 5.32 Å². The van der Waals surface area contributed by atoms with Crippen molar-refractivity contribution in [2.24, 2.45) is 0 Å². The van der Waals surface area contributed by atoms with Crippen LogP contribution in [0.15, 0.2) is 24.3 Å². The van der Waals surface area contributed by atoms with Crippen LogP contribution in [0.2, 0.25) is 0 Å². The Morgan fingerprint density at radius 2 is 1.61 bits per heavy atom. The van der Waals surface area contributed by atoms with Gasteiger partial charge in [0.15, 0.2) is 0 Å². The number of imide groups is 1. The first-order valence-electron chi connectivity index (χ1n) is 7.98. The average molecular weight is 318 g/mol. The summed E-state index contributed by atoms with van der Waals surface area (Å²) in [6, 6.07) is 6.69. The number of carbonyl (C=O) groups excluding carboxylic acids is 3. The predicted molar refractivity (Wildman–Crippen MR) is 85.0 cm³/mol. The lowest BCUT2D eigenvalue weighted by molar-refractivity contribution is -0.121. The Kier molecular flexibility index (Phi) is 6.29. The first-order valence-corrected chi connectivity index (χ1v) is 7.98. The molecule has 6 heteroatoms. The van der Waals surface area contributed by atoms with Crippen LogP contribution in [0.4, 0.5) is 0 Å². The van der Waals surface area contributed by atoms with E-state index in [1.54, 1.807) is 24.3 Å². The van der Waals surface area contributed by atoms with E-state index in [1.807, 2.05) is 0 Å². The van der Waals surface area contributed by atoms with Crippen molar-refractivity contribution in [1.29, 1.82) is 0 Å². The third-order valence-electron chi connectivity index (χ3n) is 3.85. The molecular weight excluding hydrogens is 296 g/mol. The number of hydrogen-bond acceptors (Lipinski definition) is 4. The van der Waals surface area contributed by atoms with Gasteiger partial charge in [-0.3, -0.25) is 19.3 Å². The van der Waals surface area contributed by atoms with Crippen LogP contribution in [0, 0.1) is 0 Å². The topological polar surface area (TPSA) is 86.7 Å². The maximum Gasteiger partial charge on any atom is 0.261 e. The number of rotatable bonds is 9. The maximum absolute atomic E-state index is 12.1. The molecule has 0 fully saturated rings. The van der Waals surface area contributed by atoms with E-state index < -0.39 is 0 Å². The van der Waals surface area contributed by atoms with Gasteiger partial charge in [0.05, 0.1) is 11.1 Å². The summed E-state index contributed by atoms with van der Waals surface area (Å²) < 4.78 is 0. The summed E-state index contributed by atoms with van der Waals surface area (Å²) in [4.78, 5) is 37.2. The number of unbranched alkanes of at least 4 members (excludes halogenated alkanes) is 3. The second kappa shape index (κ2) is 8.43. The maximum atomic E-state index is 12.1. The molecule has 0 spiro atoms. The minimum Gasteiger partial charge on any atom is -0.396 e. The van der Waals surface area contributed by atoms with E-state index >= 15 is 0 Å². The van der Waals surface area contributed by atoms with Gasteiger partial charge in [0.25, 0.3) is 11.8 Å². The molecule has 1 aromatic carbocycles. The van der Waals surface area contributed by atoms with Crippen LogP contribution in [0.5, 0.6) is 0 Å². The Bertz CT molecular complexity index is 551. The zero-order valence-electron chi connectivity index (χ0n) is 13.1. The first kappa shape index (κ1) is 17.1. The molecule has 0 atom stereocenters. The molecule has 1 aliphatic heterocycles. The van der Waals surface area contributed by atoms with Crippen molar-refractivity contribution in [2.75, 3.05) is 19.7 Å². The van der Waals surface area contributed by atoms with Gasteiger partial charge in [0.2, 0.25) is 5.91 Å². The van der Waals surface area contributed by atoms with Crippen molar-refractivity contribution < 1.29 is 19.5 Å². The van der Waals surface area contributed by atoms with Crippen LogP contribution >= 0.6 is 0 Å². The molecule has 0 aromatic heterocycles. The predicted octanol–water partition coefficient (Wildman–Crippen LogP) is 1.34. The van der Waals surface area contributed by atoms with Gasteiger partial charge in [-0.15, -0.1) is 0 Å². The molecule has 0 saturated carbocycles. The third kappa shape index (κ3) is 4.39. The third-order valence-corrected chi connectivity index (χ3v) is 3.85. The highest BCUT2D eigenvalue weighted by Crippen LogP contribution is 2.22. The van der Waals surface area contributed by atoms with Gasteiger partial charge >= 0.3 is 0 Å². The molecule has 2 N–H and O–H groups in total. The molecule has 124 valence electrons. The summed E-state index contributed by atoms with van der Waals surface area (Å²) >= 11 is 0. The minimum absolute atomic E-state index is 0.0999. The molecule has 1 aromatic rings. The van der Waals surface area contributed by atoms with Crippen molar-refractivity contribution in [2.45, 2.75) is 32.1 Å². The number of nitrogens with zero attached hydrogens (tertiary/aromatic N) is 1. The van der Waals surface area contributed by atoms with Gasteiger partial charge in [-0.1, -0.05) is 25.0 Å². The quantitative estimate of drug-likeness (QED) is 0.531. The first-order chi connectivity index (χ1) is 11.1. The Morgan fingerprint density at radius 3 is 2.22 bits per heavy atom. The fourth-order valence-electron chi connectivity index (χ4n) is 2.56. The van der Waals surface area contributed by atoms with Crippen LogP contribution in [-0.4, -0.2) is 47.4 Å². The number of fused-ring (bicyclic) bond motifs is 1. The minimum atomic E-state index is -0.331. The van der Waals surface area contributed by atoms with Crippen molar-refractivity contribution in [3.8, 4) is 0 Å². The zero-order valence-corrected chi connectivity index (χ0v) is 13.1. The monoisotopic (exact) mass is 318 g/mol. The lowest BCUT2D eigenvalue weighted by Crippen LogP contribution is -2.34. The molecule has 3 amide bonds. The van der Waals surface area contributed by atoms with E-state index in [4.69, 9.17) is 5.11 Å². The lowest BCUT2D eigenvalue weighted by atomic mass is 10.1. The number of benzene rings is 1. The summed E-state index contributed by atoms with van der Waals surface area (Å²) in [7, 11) is 0. The molecule has 2 rings (SSSR count). The second-order valence-electron chi connectivity index (χ2n) is 5.55.